The summed E-state index contributed by atoms with van der Waals surface area (Å²) < 4.78 is 21.1. The van der Waals surface area contributed by atoms with Crippen molar-refractivity contribution < 1.29 is 23.6 Å². The van der Waals surface area contributed by atoms with Crippen molar-refractivity contribution in [3.05, 3.63) is 52.9 Å². The van der Waals surface area contributed by atoms with E-state index in [1.807, 2.05) is 63.5 Å². The summed E-state index contributed by atoms with van der Waals surface area (Å²) in [7, 11) is 0. The van der Waals surface area contributed by atoms with E-state index in [0.717, 1.165) is 60.7 Å². The number of anilines is 1. The van der Waals surface area contributed by atoms with Gasteiger partial charge in [-0.25, -0.2) is 9.37 Å². The van der Waals surface area contributed by atoms with Gasteiger partial charge in [0.15, 0.2) is 11.6 Å². The summed E-state index contributed by atoms with van der Waals surface area (Å²) in [6.07, 6.45) is 2.95. The third-order valence-corrected chi connectivity index (χ3v) is 11.5. The fourth-order valence-electron chi connectivity index (χ4n) is 7.65. The Morgan fingerprint density at radius 3 is 2.52 bits per heavy atom. The van der Waals surface area contributed by atoms with Gasteiger partial charge in [0.1, 0.15) is 17.6 Å². The van der Waals surface area contributed by atoms with E-state index >= 15 is 4.39 Å². The number of aromatic nitrogens is 2. The number of carbonyl (C=O) groups is 2. The number of carbonyl (C=O) groups excluding carboxylic acids is 2. The molecule has 4 atom stereocenters. The highest BCUT2D eigenvalue weighted by Gasteiger charge is 2.44. The van der Waals surface area contributed by atoms with Crippen molar-refractivity contribution in [2.24, 2.45) is 11.8 Å². The van der Waals surface area contributed by atoms with Gasteiger partial charge in [-0.05, 0) is 82.0 Å². The number of nitrogens with zero attached hydrogens (tertiary/aromatic N) is 4. The standard InChI is InChI=1S/C36H49FN6O4S/c1-22(2)32(30-18-31(41-47-30)42-15-9-25(10-16-42)19-36(37)11-13-38-14-12-36)35(46)43-20-28(44)17-29(43)34(45)40-23(3)26-5-7-27(8-6-26)33-24(4)39-21-48-33/h5-8,18,21-23,25,28-29,32,38,44H,9-17,19-20H2,1-4H3,(H,40,45)/t23-,28+,29-,32+/m0/s1. The van der Waals surface area contributed by atoms with Crippen LogP contribution >= 0.6 is 11.3 Å². The van der Waals surface area contributed by atoms with Crippen LogP contribution in [0.1, 0.15) is 88.3 Å². The number of aliphatic hydroxyl groups is 1. The number of aliphatic hydroxyl groups excluding tert-OH is 1. The van der Waals surface area contributed by atoms with E-state index < -0.39 is 23.7 Å². The fourth-order valence-corrected chi connectivity index (χ4v) is 8.46. The van der Waals surface area contributed by atoms with E-state index in [1.165, 1.54) is 4.90 Å². The number of nitrogens with one attached hydrogen (secondary N) is 2. The van der Waals surface area contributed by atoms with Gasteiger partial charge in [0.05, 0.1) is 28.2 Å². The molecule has 0 aliphatic carbocycles. The van der Waals surface area contributed by atoms with E-state index in [0.29, 0.717) is 36.8 Å². The molecule has 0 radical (unpaired) electrons. The van der Waals surface area contributed by atoms with Gasteiger partial charge in [0.25, 0.3) is 0 Å². The fraction of sp³-hybridized carbons (Fsp3) is 0.611. The minimum Gasteiger partial charge on any atom is -0.391 e. The van der Waals surface area contributed by atoms with Gasteiger partial charge in [-0.1, -0.05) is 43.3 Å². The highest BCUT2D eigenvalue weighted by molar-refractivity contribution is 7.13. The zero-order chi connectivity index (χ0) is 34.0. The number of thiazole rings is 1. The molecule has 48 heavy (non-hydrogen) atoms. The molecule has 3 aliphatic rings. The number of benzene rings is 1. The molecule has 5 heterocycles. The van der Waals surface area contributed by atoms with Crippen LogP contribution in [0, 0.1) is 18.8 Å². The molecule has 10 nitrogen and oxygen atoms in total. The number of hydrogen-bond acceptors (Lipinski definition) is 9. The average Bonchev–Trinajstić information content (AvgIpc) is 3.82. The average molecular weight is 681 g/mol. The van der Waals surface area contributed by atoms with Crippen LogP contribution in [0.3, 0.4) is 0 Å². The minimum absolute atomic E-state index is 0.0814. The molecule has 2 amide bonds. The maximum absolute atomic E-state index is 15.3. The first-order valence-electron chi connectivity index (χ1n) is 17.4. The molecule has 3 saturated heterocycles. The van der Waals surface area contributed by atoms with Gasteiger partial charge in [-0.2, -0.15) is 0 Å². The lowest BCUT2D eigenvalue weighted by atomic mass is 9.81. The first-order valence-corrected chi connectivity index (χ1v) is 18.3. The summed E-state index contributed by atoms with van der Waals surface area (Å²) in [5.41, 5.74) is 3.78. The van der Waals surface area contributed by atoms with E-state index in [2.05, 4.69) is 25.7 Å². The number of rotatable bonds is 10. The molecule has 12 heteroatoms. The predicted octanol–water partition coefficient (Wildman–Crippen LogP) is 5.38. The first kappa shape index (κ1) is 34.5. The van der Waals surface area contributed by atoms with Crippen molar-refractivity contribution >= 4 is 29.0 Å². The van der Waals surface area contributed by atoms with Gasteiger partial charge in [0, 0.05) is 32.1 Å². The van der Waals surface area contributed by atoms with Crippen LogP contribution in [-0.2, 0) is 9.59 Å². The van der Waals surface area contributed by atoms with Crippen LogP contribution in [0.15, 0.2) is 40.4 Å². The lowest BCUT2D eigenvalue weighted by Crippen LogP contribution is -2.48. The van der Waals surface area contributed by atoms with Gasteiger partial charge < -0.3 is 30.1 Å². The molecule has 2 aromatic heterocycles. The Kier molecular flexibility index (Phi) is 10.5. The maximum atomic E-state index is 15.3. The smallest absolute Gasteiger partial charge is 0.243 e. The Balaban J connectivity index is 1.08. The van der Waals surface area contributed by atoms with Crippen LogP contribution in [-0.4, -0.2) is 82.5 Å². The quantitative estimate of drug-likeness (QED) is 0.261. The third kappa shape index (κ3) is 7.60. The summed E-state index contributed by atoms with van der Waals surface area (Å²) in [4.78, 5) is 36.8. The van der Waals surface area contributed by atoms with Crippen molar-refractivity contribution in [3.63, 3.8) is 0 Å². The van der Waals surface area contributed by atoms with E-state index in [9.17, 15) is 14.7 Å². The molecule has 3 aliphatic heterocycles. The zero-order valence-electron chi connectivity index (χ0n) is 28.5. The predicted molar refractivity (Wildman–Crippen MR) is 185 cm³/mol. The second-order valence-corrected chi connectivity index (χ2v) is 15.2. The van der Waals surface area contributed by atoms with Crippen molar-refractivity contribution in [2.75, 3.05) is 37.6 Å². The van der Waals surface area contributed by atoms with Crippen LogP contribution in [0.5, 0.6) is 0 Å². The largest absolute Gasteiger partial charge is 0.391 e. The Bertz CT molecular complexity index is 1550. The van der Waals surface area contributed by atoms with Crippen molar-refractivity contribution in [2.45, 2.75) is 96.0 Å². The van der Waals surface area contributed by atoms with E-state index in [1.54, 1.807) is 11.3 Å². The molecule has 3 N–H and O–H groups in total. The number of piperidine rings is 2. The highest BCUT2D eigenvalue weighted by atomic mass is 32.1. The number of amides is 2. The Morgan fingerprint density at radius 2 is 1.88 bits per heavy atom. The topological polar surface area (TPSA) is 124 Å². The highest BCUT2D eigenvalue weighted by Crippen LogP contribution is 2.37. The summed E-state index contributed by atoms with van der Waals surface area (Å²) in [6, 6.07) is 8.81. The molecule has 6 rings (SSSR count). The molecule has 0 unspecified atom stereocenters. The number of alkyl halides is 1. The Hall–Kier alpha value is -3.35. The molecule has 3 aromatic rings. The molecule has 260 valence electrons. The second-order valence-electron chi connectivity index (χ2n) is 14.4. The molecule has 0 bridgehead atoms. The van der Waals surface area contributed by atoms with Crippen molar-refractivity contribution in [3.8, 4) is 10.4 Å². The van der Waals surface area contributed by atoms with E-state index in [4.69, 9.17) is 4.52 Å². The Labute approximate surface area is 286 Å². The number of halogens is 1. The summed E-state index contributed by atoms with van der Waals surface area (Å²) in [5.74, 6) is 0.148. The molecular formula is C36H49FN6O4S. The summed E-state index contributed by atoms with van der Waals surface area (Å²) >= 11 is 1.60. The molecule has 3 fully saturated rings. The van der Waals surface area contributed by atoms with E-state index in [-0.39, 0.29) is 36.7 Å². The third-order valence-electron chi connectivity index (χ3n) is 10.5. The SMILES string of the molecule is Cc1ncsc1-c1ccc([C@H](C)NC(=O)[C@@H]2C[C@@H](O)CN2C(=O)[C@@H](c2cc(N3CCC(CC4(F)CCNCC4)CC3)no2)C(C)C)cc1. The maximum Gasteiger partial charge on any atom is 0.243 e. The lowest BCUT2D eigenvalue weighted by Gasteiger charge is -2.37. The monoisotopic (exact) mass is 680 g/mol. The van der Waals surface area contributed by atoms with Crippen LogP contribution < -0.4 is 15.5 Å². The second kappa shape index (κ2) is 14.6. The first-order chi connectivity index (χ1) is 23.0. The van der Waals surface area contributed by atoms with Crippen LogP contribution in [0.4, 0.5) is 10.2 Å². The summed E-state index contributed by atoms with van der Waals surface area (Å²) in [5, 5.41) is 21.3. The van der Waals surface area contributed by atoms with Gasteiger partial charge in [-0.3, -0.25) is 9.59 Å². The number of hydrogen-bond donors (Lipinski definition) is 3. The molecule has 0 saturated carbocycles. The number of likely N-dealkylation sites (tertiary alicyclic amines) is 1. The van der Waals surface area contributed by atoms with Crippen molar-refractivity contribution in [1.29, 1.82) is 0 Å². The normalized spacial score (nSPS) is 23.0. The lowest BCUT2D eigenvalue weighted by molar-refractivity contribution is -0.141. The van der Waals surface area contributed by atoms with Gasteiger partial charge >= 0.3 is 0 Å². The zero-order valence-corrected chi connectivity index (χ0v) is 29.3. The number of β-amino-alcohol motifs (C(OH)–C–C–N with tert-alkyl or cyclic N) is 1. The van der Waals surface area contributed by atoms with Crippen LogP contribution in [0.25, 0.3) is 10.4 Å². The Morgan fingerprint density at radius 1 is 1.17 bits per heavy atom. The molecule has 0 spiro atoms. The van der Waals surface area contributed by atoms with Crippen molar-refractivity contribution in [1.82, 2.24) is 25.7 Å². The van der Waals surface area contributed by atoms with Gasteiger partial charge in [-0.15, -0.1) is 11.3 Å². The molecular weight excluding hydrogens is 631 g/mol. The summed E-state index contributed by atoms with van der Waals surface area (Å²) in [6.45, 7) is 10.9. The van der Waals surface area contributed by atoms with Gasteiger partial charge in [0.2, 0.25) is 11.8 Å². The number of aryl methyl sites for hydroxylation is 1. The molecule has 1 aromatic carbocycles. The minimum atomic E-state index is -1.06. The van der Waals surface area contributed by atoms with Crippen LogP contribution in [0.2, 0.25) is 0 Å².